The summed E-state index contributed by atoms with van der Waals surface area (Å²) in [6, 6.07) is 16.1. The monoisotopic (exact) mass is 437 g/mol. The third-order valence-electron chi connectivity index (χ3n) is 5.37. The lowest BCUT2D eigenvalue weighted by atomic mass is 10.1. The fourth-order valence-corrected chi connectivity index (χ4v) is 4.73. The summed E-state index contributed by atoms with van der Waals surface area (Å²) >= 11 is 1.43. The Kier molecular flexibility index (Phi) is 6.53. The van der Waals surface area contributed by atoms with Gasteiger partial charge in [-0.05, 0) is 26.0 Å². The summed E-state index contributed by atoms with van der Waals surface area (Å²) in [5, 5.41) is 3.95. The molecule has 31 heavy (non-hydrogen) atoms. The van der Waals surface area contributed by atoms with Crippen molar-refractivity contribution in [1.82, 2.24) is 15.2 Å². The maximum Gasteiger partial charge on any atom is 0.263 e. The number of hydrogen-bond acceptors (Lipinski definition) is 6. The van der Waals surface area contributed by atoms with Crippen LogP contribution in [-0.2, 0) is 6.54 Å². The number of nitrogens with one attached hydrogen (secondary N) is 1. The molecular formula is C24H27N3O3S. The number of hydrogen-bond donors (Lipinski definition) is 1. The highest BCUT2D eigenvalue weighted by Gasteiger charge is 2.26. The Morgan fingerprint density at radius 2 is 2.00 bits per heavy atom. The largest absolute Gasteiger partial charge is 0.496 e. The van der Waals surface area contributed by atoms with E-state index < -0.39 is 0 Å². The maximum absolute atomic E-state index is 12.6. The molecule has 0 saturated carbocycles. The van der Waals surface area contributed by atoms with E-state index in [2.05, 4.69) is 21.3 Å². The van der Waals surface area contributed by atoms with Crippen molar-refractivity contribution in [2.45, 2.75) is 26.5 Å². The smallest absolute Gasteiger partial charge is 0.263 e. The number of thiazole rings is 1. The van der Waals surface area contributed by atoms with Gasteiger partial charge in [0, 0.05) is 37.3 Å². The number of aromatic nitrogens is 1. The van der Waals surface area contributed by atoms with E-state index >= 15 is 0 Å². The van der Waals surface area contributed by atoms with Gasteiger partial charge in [-0.3, -0.25) is 9.69 Å². The van der Waals surface area contributed by atoms with Crippen LogP contribution in [0.5, 0.6) is 11.5 Å². The number of para-hydroxylation sites is 2. The van der Waals surface area contributed by atoms with E-state index in [0.717, 1.165) is 39.9 Å². The second kappa shape index (κ2) is 9.49. The molecule has 3 aromatic rings. The lowest BCUT2D eigenvalue weighted by molar-refractivity contribution is 0.0946. The fourth-order valence-electron chi connectivity index (χ4n) is 3.89. The summed E-state index contributed by atoms with van der Waals surface area (Å²) < 4.78 is 12.0. The normalized spacial score (nSPS) is 16.2. The van der Waals surface area contributed by atoms with Gasteiger partial charge in [-0.1, -0.05) is 36.4 Å². The second-order valence-corrected chi connectivity index (χ2v) is 8.80. The predicted molar refractivity (Wildman–Crippen MR) is 122 cm³/mol. The van der Waals surface area contributed by atoms with Crippen LogP contribution in [0, 0.1) is 13.8 Å². The number of carbonyl (C=O) groups excluding carboxylic acids is 1. The van der Waals surface area contributed by atoms with Gasteiger partial charge in [-0.2, -0.15) is 0 Å². The minimum atomic E-state index is -0.165. The van der Waals surface area contributed by atoms with Crippen LogP contribution in [0.2, 0.25) is 0 Å². The predicted octanol–water partition coefficient (Wildman–Crippen LogP) is 4.13. The molecule has 2 heterocycles. The average Bonchev–Trinajstić information content (AvgIpc) is 3.00. The van der Waals surface area contributed by atoms with Crippen molar-refractivity contribution in [2.75, 3.05) is 26.7 Å². The number of nitrogens with zero attached hydrogens (tertiary/aromatic N) is 2. The van der Waals surface area contributed by atoms with Crippen LogP contribution in [-0.4, -0.2) is 42.5 Å². The fraction of sp³-hybridized carbons (Fsp3) is 0.333. The first-order valence-corrected chi connectivity index (χ1v) is 11.2. The molecule has 1 atom stereocenters. The van der Waals surface area contributed by atoms with E-state index in [9.17, 15) is 4.79 Å². The molecule has 6 nitrogen and oxygen atoms in total. The molecule has 4 rings (SSSR count). The number of ether oxygens (including phenoxy) is 2. The van der Waals surface area contributed by atoms with Crippen molar-refractivity contribution >= 4 is 17.2 Å². The molecule has 2 aromatic carbocycles. The zero-order chi connectivity index (χ0) is 21.8. The van der Waals surface area contributed by atoms with Crippen LogP contribution >= 0.6 is 11.3 Å². The molecule has 0 bridgehead atoms. The van der Waals surface area contributed by atoms with Crippen LogP contribution in [0.4, 0.5) is 0 Å². The van der Waals surface area contributed by atoms with Gasteiger partial charge < -0.3 is 14.8 Å². The highest BCUT2D eigenvalue weighted by Crippen LogP contribution is 2.34. The van der Waals surface area contributed by atoms with Gasteiger partial charge in [0.1, 0.15) is 22.5 Å². The third-order valence-corrected chi connectivity index (χ3v) is 6.44. The number of benzene rings is 2. The quantitative estimate of drug-likeness (QED) is 0.628. The van der Waals surface area contributed by atoms with Crippen molar-refractivity contribution in [3.8, 4) is 11.5 Å². The molecule has 1 N–H and O–H groups in total. The molecule has 1 aromatic heterocycles. The van der Waals surface area contributed by atoms with Crippen LogP contribution in [0.1, 0.15) is 37.6 Å². The summed E-state index contributed by atoms with van der Waals surface area (Å²) in [4.78, 5) is 19.9. The SMILES string of the molecule is COc1ccccc1[C@@H]1CN(CCNC(=O)c2sc(C)nc2C)Cc2ccccc2O1. The lowest BCUT2D eigenvalue weighted by Gasteiger charge is -2.25. The van der Waals surface area contributed by atoms with Gasteiger partial charge in [-0.15, -0.1) is 11.3 Å². The first-order chi connectivity index (χ1) is 15.0. The first-order valence-electron chi connectivity index (χ1n) is 10.4. The number of rotatable bonds is 6. The number of amides is 1. The van der Waals surface area contributed by atoms with E-state index in [1.54, 1.807) is 7.11 Å². The van der Waals surface area contributed by atoms with Gasteiger partial charge in [0.05, 0.1) is 17.8 Å². The van der Waals surface area contributed by atoms with Gasteiger partial charge >= 0.3 is 0 Å². The lowest BCUT2D eigenvalue weighted by Crippen LogP contribution is -2.36. The van der Waals surface area contributed by atoms with E-state index in [0.29, 0.717) is 24.5 Å². The number of fused-ring (bicyclic) bond motifs is 1. The molecule has 0 unspecified atom stereocenters. The summed E-state index contributed by atoms with van der Waals surface area (Å²) in [7, 11) is 1.68. The molecule has 0 radical (unpaired) electrons. The zero-order valence-electron chi connectivity index (χ0n) is 18.1. The average molecular weight is 438 g/mol. The van der Waals surface area contributed by atoms with Gasteiger partial charge in [0.25, 0.3) is 5.91 Å². The van der Waals surface area contributed by atoms with Crippen LogP contribution in [0.3, 0.4) is 0 Å². The minimum Gasteiger partial charge on any atom is -0.496 e. The van der Waals surface area contributed by atoms with Crippen molar-refractivity contribution in [3.63, 3.8) is 0 Å². The van der Waals surface area contributed by atoms with Crippen molar-refractivity contribution in [2.24, 2.45) is 0 Å². The maximum atomic E-state index is 12.6. The molecule has 162 valence electrons. The van der Waals surface area contributed by atoms with Crippen LogP contribution in [0.15, 0.2) is 48.5 Å². The van der Waals surface area contributed by atoms with Gasteiger partial charge in [0.15, 0.2) is 0 Å². The Morgan fingerprint density at radius 1 is 1.23 bits per heavy atom. The number of carbonyl (C=O) groups is 1. The highest BCUT2D eigenvalue weighted by molar-refractivity contribution is 7.13. The van der Waals surface area contributed by atoms with Gasteiger partial charge in [-0.25, -0.2) is 4.98 Å². The summed E-state index contributed by atoms with van der Waals surface area (Å²) in [6.07, 6.45) is -0.165. The number of aryl methyl sites for hydroxylation is 2. The van der Waals surface area contributed by atoms with Crippen molar-refractivity contribution in [3.05, 3.63) is 75.2 Å². The Morgan fingerprint density at radius 3 is 2.77 bits per heavy atom. The van der Waals surface area contributed by atoms with Gasteiger partial charge in [0.2, 0.25) is 0 Å². The molecule has 0 saturated heterocycles. The summed E-state index contributed by atoms with van der Waals surface area (Å²) in [6.45, 7) is 6.52. The van der Waals surface area contributed by atoms with Crippen LogP contribution < -0.4 is 14.8 Å². The second-order valence-electron chi connectivity index (χ2n) is 7.59. The molecular weight excluding hydrogens is 410 g/mol. The number of methoxy groups -OCH3 is 1. The standard InChI is InChI=1S/C24H27N3O3S/c1-16-23(31-17(2)26-16)24(28)25-12-13-27-14-18-8-4-6-10-20(18)30-22(15-27)19-9-5-7-11-21(19)29-3/h4-11,22H,12-15H2,1-3H3,(H,25,28)/t22-/m0/s1. The van der Waals surface area contributed by atoms with Crippen molar-refractivity contribution in [1.29, 1.82) is 0 Å². The topological polar surface area (TPSA) is 63.7 Å². The molecule has 1 amide bonds. The highest BCUT2D eigenvalue weighted by atomic mass is 32.1. The van der Waals surface area contributed by atoms with E-state index in [-0.39, 0.29) is 12.0 Å². The molecule has 1 aliphatic rings. The Labute approximate surface area is 186 Å². The molecule has 7 heteroatoms. The molecule has 1 aliphatic heterocycles. The Hall–Kier alpha value is -2.90. The first kappa shape index (κ1) is 21.3. The van der Waals surface area contributed by atoms with Crippen LogP contribution in [0.25, 0.3) is 0 Å². The Bertz CT molecular complexity index is 1070. The summed E-state index contributed by atoms with van der Waals surface area (Å²) in [5.41, 5.74) is 2.94. The van der Waals surface area contributed by atoms with Crippen molar-refractivity contribution < 1.29 is 14.3 Å². The van der Waals surface area contributed by atoms with E-state index in [1.165, 1.54) is 11.3 Å². The Balaban J connectivity index is 1.49. The summed E-state index contributed by atoms with van der Waals surface area (Å²) in [5.74, 6) is 1.65. The molecule has 0 spiro atoms. The van der Waals surface area contributed by atoms with E-state index in [1.807, 2.05) is 56.3 Å². The molecule has 0 fully saturated rings. The third kappa shape index (κ3) is 4.89. The van der Waals surface area contributed by atoms with E-state index in [4.69, 9.17) is 9.47 Å². The minimum absolute atomic E-state index is 0.0594. The molecule has 0 aliphatic carbocycles. The zero-order valence-corrected chi connectivity index (χ0v) is 18.9.